The first-order chi connectivity index (χ1) is 7.15. The standard InChI is InChI=1S/C14H20O/c1-4-5-9-14(15)13-8-6-7-12(10-13)11(2)3/h6-8,10-11H,4-5,9H2,1-3H3. The predicted octanol–water partition coefficient (Wildman–Crippen LogP) is 4.18. The Morgan fingerprint density at radius 2 is 2.07 bits per heavy atom. The number of hydrogen-bond donors (Lipinski definition) is 0. The molecule has 1 nitrogen and oxygen atoms in total. The SMILES string of the molecule is CCCCC(=O)c1cccc(C(C)C)c1. The van der Waals surface area contributed by atoms with Crippen molar-refractivity contribution in [3.63, 3.8) is 0 Å². The van der Waals surface area contributed by atoms with Crippen molar-refractivity contribution < 1.29 is 4.79 Å². The number of rotatable bonds is 5. The van der Waals surface area contributed by atoms with Gasteiger partial charge in [0.25, 0.3) is 0 Å². The van der Waals surface area contributed by atoms with Crippen molar-refractivity contribution in [1.82, 2.24) is 0 Å². The molecule has 0 fully saturated rings. The minimum atomic E-state index is 0.277. The van der Waals surface area contributed by atoms with Gasteiger partial charge in [0.1, 0.15) is 0 Å². The second-order valence-corrected chi connectivity index (χ2v) is 4.31. The molecule has 0 saturated heterocycles. The van der Waals surface area contributed by atoms with Crippen LogP contribution in [0, 0.1) is 0 Å². The van der Waals surface area contributed by atoms with E-state index < -0.39 is 0 Å². The first-order valence-electron chi connectivity index (χ1n) is 5.78. The topological polar surface area (TPSA) is 17.1 Å². The third-order valence-electron chi connectivity index (χ3n) is 2.63. The maximum absolute atomic E-state index is 11.8. The molecule has 0 atom stereocenters. The van der Waals surface area contributed by atoms with Crippen LogP contribution in [0.4, 0.5) is 0 Å². The summed E-state index contributed by atoms with van der Waals surface area (Å²) in [6.45, 7) is 6.41. The summed E-state index contributed by atoms with van der Waals surface area (Å²) in [6, 6.07) is 8.02. The van der Waals surface area contributed by atoms with Crippen molar-refractivity contribution in [2.24, 2.45) is 0 Å². The Labute approximate surface area is 92.5 Å². The van der Waals surface area contributed by atoms with Gasteiger partial charge in [0, 0.05) is 12.0 Å². The molecule has 82 valence electrons. The highest BCUT2D eigenvalue weighted by atomic mass is 16.1. The number of hydrogen-bond acceptors (Lipinski definition) is 1. The van der Waals surface area contributed by atoms with Gasteiger partial charge in [-0.15, -0.1) is 0 Å². The lowest BCUT2D eigenvalue weighted by atomic mass is 9.98. The molecular formula is C14H20O. The second kappa shape index (κ2) is 5.69. The lowest BCUT2D eigenvalue weighted by molar-refractivity contribution is 0.0979. The molecule has 1 aromatic carbocycles. The van der Waals surface area contributed by atoms with Crippen LogP contribution >= 0.6 is 0 Å². The van der Waals surface area contributed by atoms with Crippen LogP contribution in [0.5, 0.6) is 0 Å². The monoisotopic (exact) mass is 204 g/mol. The molecule has 0 heterocycles. The number of unbranched alkanes of at least 4 members (excludes halogenated alkanes) is 1. The third kappa shape index (κ3) is 3.50. The molecule has 0 aliphatic heterocycles. The summed E-state index contributed by atoms with van der Waals surface area (Å²) < 4.78 is 0. The van der Waals surface area contributed by atoms with Gasteiger partial charge in [-0.05, 0) is 24.0 Å². The van der Waals surface area contributed by atoms with Crippen molar-refractivity contribution in [2.45, 2.75) is 46.0 Å². The smallest absolute Gasteiger partial charge is 0.162 e. The summed E-state index contributed by atoms with van der Waals surface area (Å²) in [5.74, 6) is 0.767. The van der Waals surface area contributed by atoms with E-state index in [1.807, 2.05) is 18.2 Å². The van der Waals surface area contributed by atoms with E-state index in [2.05, 4.69) is 26.8 Å². The number of Topliss-reactive ketones (excluding diaryl/α,β-unsaturated/α-hetero) is 1. The normalized spacial score (nSPS) is 10.7. The molecule has 1 rings (SSSR count). The van der Waals surface area contributed by atoms with Gasteiger partial charge in [0.2, 0.25) is 0 Å². The van der Waals surface area contributed by atoms with Gasteiger partial charge in [-0.1, -0.05) is 45.4 Å². The van der Waals surface area contributed by atoms with E-state index in [1.165, 1.54) is 5.56 Å². The fourth-order valence-electron chi connectivity index (χ4n) is 1.55. The van der Waals surface area contributed by atoms with Crippen molar-refractivity contribution in [3.05, 3.63) is 35.4 Å². The average molecular weight is 204 g/mol. The fourth-order valence-corrected chi connectivity index (χ4v) is 1.55. The Kier molecular flexibility index (Phi) is 4.54. The summed E-state index contributed by atoms with van der Waals surface area (Å²) >= 11 is 0. The fraction of sp³-hybridized carbons (Fsp3) is 0.500. The van der Waals surface area contributed by atoms with E-state index in [1.54, 1.807) is 0 Å². The number of carbonyl (C=O) groups is 1. The zero-order chi connectivity index (χ0) is 11.3. The van der Waals surface area contributed by atoms with Crippen molar-refractivity contribution in [3.8, 4) is 0 Å². The van der Waals surface area contributed by atoms with E-state index in [0.29, 0.717) is 12.3 Å². The van der Waals surface area contributed by atoms with Crippen molar-refractivity contribution in [1.29, 1.82) is 0 Å². The minimum absolute atomic E-state index is 0.277. The largest absolute Gasteiger partial charge is 0.294 e. The van der Waals surface area contributed by atoms with Gasteiger partial charge in [0.15, 0.2) is 5.78 Å². The zero-order valence-corrected chi connectivity index (χ0v) is 9.92. The Hall–Kier alpha value is -1.11. The third-order valence-corrected chi connectivity index (χ3v) is 2.63. The van der Waals surface area contributed by atoms with Gasteiger partial charge in [0.05, 0.1) is 0 Å². The summed E-state index contributed by atoms with van der Waals surface area (Å²) in [5, 5.41) is 0. The highest BCUT2D eigenvalue weighted by Crippen LogP contribution is 2.17. The predicted molar refractivity (Wildman–Crippen MR) is 64.4 cm³/mol. The highest BCUT2D eigenvalue weighted by Gasteiger charge is 2.06. The second-order valence-electron chi connectivity index (χ2n) is 4.31. The van der Waals surface area contributed by atoms with Gasteiger partial charge in [-0.25, -0.2) is 0 Å². The van der Waals surface area contributed by atoms with E-state index in [-0.39, 0.29) is 5.78 Å². The summed E-state index contributed by atoms with van der Waals surface area (Å²) in [4.78, 5) is 11.8. The minimum Gasteiger partial charge on any atom is -0.294 e. The quantitative estimate of drug-likeness (QED) is 0.657. The first-order valence-corrected chi connectivity index (χ1v) is 5.78. The maximum atomic E-state index is 11.8. The van der Waals surface area contributed by atoms with Crippen LogP contribution in [-0.4, -0.2) is 5.78 Å². The molecule has 0 aliphatic rings. The van der Waals surface area contributed by atoms with E-state index >= 15 is 0 Å². The summed E-state index contributed by atoms with van der Waals surface area (Å²) in [7, 11) is 0. The molecule has 1 heteroatoms. The Bertz CT molecular complexity index is 326. The van der Waals surface area contributed by atoms with Crippen LogP contribution < -0.4 is 0 Å². The summed E-state index contributed by atoms with van der Waals surface area (Å²) in [5.41, 5.74) is 2.12. The first kappa shape index (κ1) is 12.0. The van der Waals surface area contributed by atoms with Gasteiger partial charge in [-0.2, -0.15) is 0 Å². The molecule has 0 N–H and O–H groups in total. The molecule has 0 unspecified atom stereocenters. The lowest BCUT2D eigenvalue weighted by Crippen LogP contribution is -2.00. The number of ketones is 1. The number of benzene rings is 1. The van der Waals surface area contributed by atoms with Crippen molar-refractivity contribution >= 4 is 5.78 Å². The highest BCUT2D eigenvalue weighted by molar-refractivity contribution is 5.96. The van der Waals surface area contributed by atoms with Gasteiger partial charge >= 0.3 is 0 Å². The van der Waals surface area contributed by atoms with E-state index in [9.17, 15) is 4.79 Å². The van der Waals surface area contributed by atoms with E-state index in [4.69, 9.17) is 0 Å². The van der Waals surface area contributed by atoms with Gasteiger partial charge < -0.3 is 0 Å². The van der Waals surface area contributed by atoms with Crippen LogP contribution in [0.1, 0.15) is 61.9 Å². The molecule has 0 amide bonds. The molecule has 15 heavy (non-hydrogen) atoms. The summed E-state index contributed by atoms with van der Waals surface area (Å²) in [6.07, 6.45) is 2.75. The average Bonchev–Trinajstić information content (AvgIpc) is 2.26. The maximum Gasteiger partial charge on any atom is 0.162 e. The Morgan fingerprint density at radius 1 is 1.33 bits per heavy atom. The Morgan fingerprint density at radius 3 is 2.67 bits per heavy atom. The van der Waals surface area contributed by atoms with Crippen LogP contribution in [-0.2, 0) is 0 Å². The van der Waals surface area contributed by atoms with Crippen LogP contribution in [0.3, 0.4) is 0 Å². The van der Waals surface area contributed by atoms with E-state index in [0.717, 1.165) is 18.4 Å². The van der Waals surface area contributed by atoms with Crippen LogP contribution in [0.25, 0.3) is 0 Å². The zero-order valence-electron chi connectivity index (χ0n) is 9.92. The number of carbonyl (C=O) groups excluding carboxylic acids is 1. The molecular weight excluding hydrogens is 184 g/mol. The van der Waals surface area contributed by atoms with Crippen LogP contribution in [0.15, 0.2) is 24.3 Å². The molecule has 1 aromatic rings. The Balaban J connectivity index is 2.76. The molecule has 0 radical (unpaired) electrons. The van der Waals surface area contributed by atoms with Crippen LogP contribution in [0.2, 0.25) is 0 Å². The molecule has 0 bridgehead atoms. The lowest BCUT2D eigenvalue weighted by Gasteiger charge is -2.07. The molecule has 0 aliphatic carbocycles. The molecule has 0 saturated carbocycles. The molecule has 0 spiro atoms. The van der Waals surface area contributed by atoms with Gasteiger partial charge in [-0.3, -0.25) is 4.79 Å². The van der Waals surface area contributed by atoms with Crippen molar-refractivity contribution in [2.75, 3.05) is 0 Å². The molecule has 0 aromatic heterocycles.